The fourth-order valence-corrected chi connectivity index (χ4v) is 7.23. The van der Waals surface area contributed by atoms with Crippen LogP contribution in [0.15, 0.2) is 11.6 Å². The van der Waals surface area contributed by atoms with Crippen molar-refractivity contribution >= 4 is 8.56 Å². The third-order valence-electron chi connectivity index (χ3n) is 4.04. The van der Waals surface area contributed by atoms with Crippen LogP contribution < -0.4 is 0 Å². The maximum absolute atomic E-state index is 5.96. The van der Waals surface area contributed by atoms with Gasteiger partial charge < -0.3 is 13.6 Å². The van der Waals surface area contributed by atoms with Crippen LogP contribution in [0.2, 0.25) is 6.04 Å². The number of allylic oxidation sites excluding steroid dienone is 1. The minimum absolute atomic E-state index is 0.293. The number of hydrogen-bond acceptors (Lipinski definition) is 3. The van der Waals surface area contributed by atoms with Gasteiger partial charge in [0.05, 0.1) is 0 Å². The molecule has 0 saturated carbocycles. The van der Waals surface area contributed by atoms with Crippen molar-refractivity contribution in [3.8, 4) is 0 Å². The molecule has 4 heteroatoms. The zero-order valence-corrected chi connectivity index (χ0v) is 12.8. The largest absolute Gasteiger partial charge is 0.396 e. The lowest BCUT2D eigenvalue weighted by atomic mass is 9.99. The molecule has 0 radical (unpaired) electrons. The maximum atomic E-state index is 5.96. The lowest BCUT2D eigenvalue weighted by molar-refractivity contribution is 0.0184. The summed E-state index contributed by atoms with van der Waals surface area (Å²) < 4.78 is 17.7. The molecule has 1 aliphatic heterocycles. The summed E-state index contributed by atoms with van der Waals surface area (Å²) in [7, 11) is 3.04. The van der Waals surface area contributed by atoms with E-state index in [1.54, 1.807) is 21.3 Å². The Kier molecular flexibility index (Phi) is 5.38. The summed E-state index contributed by atoms with van der Waals surface area (Å²) in [6, 6.07) is 1.02. The highest BCUT2D eigenvalue weighted by atomic mass is 28.4. The molecule has 0 aromatic carbocycles. The van der Waals surface area contributed by atoms with Gasteiger partial charge >= 0.3 is 8.56 Å². The van der Waals surface area contributed by atoms with Crippen molar-refractivity contribution < 1.29 is 13.6 Å². The second-order valence-electron chi connectivity index (χ2n) is 4.61. The molecule has 1 saturated heterocycles. The van der Waals surface area contributed by atoms with Crippen LogP contribution in [0.3, 0.4) is 0 Å². The molecule has 17 heavy (non-hydrogen) atoms. The predicted molar refractivity (Wildman–Crippen MR) is 72.2 cm³/mol. The standard InChI is InChI=1S/C13H26O3Si/c1-6-10-13(14-3)12(7-2)9-8-11-17(13,15-4)16-5/h7H,6,8-11H2,1-5H3. The second-order valence-corrected chi connectivity index (χ2v) is 8.24. The normalized spacial score (nSPS) is 30.8. The van der Waals surface area contributed by atoms with Gasteiger partial charge in [0.1, 0.15) is 5.22 Å². The molecule has 100 valence electrons. The molecule has 0 aliphatic carbocycles. The Labute approximate surface area is 106 Å². The Morgan fingerprint density at radius 2 is 1.94 bits per heavy atom. The van der Waals surface area contributed by atoms with Crippen LogP contribution in [-0.2, 0) is 13.6 Å². The van der Waals surface area contributed by atoms with Crippen LogP contribution in [0.25, 0.3) is 0 Å². The number of hydrogen-bond donors (Lipinski definition) is 0. The Hall–Kier alpha value is -0.163. The summed E-state index contributed by atoms with van der Waals surface area (Å²) in [5, 5.41) is -0.293. The van der Waals surface area contributed by atoms with Crippen molar-refractivity contribution in [3.05, 3.63) is 11.6 Å². The molecular formula is C13H26O3Si. The summed E-state index contributed by atoms with van der Waals surface area (Å²) in [6.07, 6.45) is 6.50. The average molecular weight is 258 g/mol. The molecule has 1 atom stereocenters. The molecule has 1 aliphatic rings. The topological polar surface area (TPSA) is 27.7 Å². The van der Waals surface area contributed by atoms with E-state index >= 15 is 0 Å². The molecule has 1 heterocycles. The molecule has 0 aromatic rings. The molecular weight excluding hydrogens is 232 g/mol. The fourth-order valence-electron chi connectivity index (χ4n) is 3.25. The van der Waals surface area contributed by atoms with Gasteiger partial charge in [-0.3, -0.25) is 0 Å². The number of methoxy groups -OCH3 is 1. The van der Waals surface area contributed by atoms with E-state index in [-0.39, 0.29) is 5.22 Å². The zero-order chi connectivity index (χ0) is 12.9. The van der Waals surface area contributed by atoms with E-state index in [9.17, 15) is 0 Å². The highest BCUT2D eigenvalue weighted by Gasteiger charge is 2.60. The molecule has 0 spiro atoms. The van der Waals surface area contributed by atoms with Crippen LogP contribution in [0.4, 0.5) is 0 Å². The van der Waals surface area contributed by atoms with Gasteiger partial charge in [0.15, 0.2) is 0 Å². The van der Waals surface area contributed by atoms with Gasteiger partial charge in [-0.15, -0.1) is 0 Å². The van der Waals surface area contributed by atoms with Crippen LogP contribution in [0, 0.1) is 0 Å². The summed E-state index contributed by atoms with van der Waals surface area (Å²) >= 11 is 0. The Balaban J connectivity index is 3.25. The van der Waals surface area contributed by atoms with E-state index in [1.807, 2.05) is 0 Å². The lowest BCUT2D eigenvalue weighted by Crippen LogP contribution is -2.65. The monoisotopic (exact) mass is 258 g/mol. The lowest BCUT2D eigenvalue weighted by Gasteiger charge is -2.49. The smallest absolute Gasteiger partial charge is 0.375 e. The van der Waals surface area contributed by atoms with E-state index < -0.39 is 8.56 Å². The van der Waals surface area contributed by atoms with Gasteiger partial charge in [-0.2, -0.15) is 0 Å². The molecule has 1 unspecified atom stereocenters. The minimum atomic E-state index is -2.31. The molecule has 0 aromatic heterocycles. The Bertz CT molecular complexity index is 274. The van der Waals surface area contributed by atoms with E-state index in [0.29, 0.717) is 0 Å². The van der Waals surface area contributed by atoms with Crippen LogP contribution in [-0.4, -0.2) is 35.1 Å². The highest BCUT2D eigenvalue weighted by Crippen LogP contribution is 2.46. The second kappa shape index (κ2) is 6.14. The van der Waals surface area contributed by atoms with Crippen LogP contribution in [0.1, 0.15) is 39.5 Å². The molecule has 0 amide bonds. The van der Waals surface area contributed by atoms with Gasteiger partial charge in [-0.05, 0) is 37.8 Å². The van der Waals surface area contributed by atoms with Gasteiger partial charge in [-0.1, -0.05) is 19.4 Å². The molecule has 0 N–H and O–H groups in total. The van der Waals surface area contributed by atoms with Crippen LogP contribution in [0.5, 0.6) is 0 Å². The van der Waals surface area contributed by atoms with Crippen molar-refractivity contribution in [1.29, 1.82) is 0 Å². The maximum Gasteiger partial charge on any atom is 0.375 e. The summed E-state index contributed by atoms with van der Waals surface area (Å²) in [6.45, 7) is 4.28. The summed E-state index contributed by atoms with van der Waals surface area (Å²) in [5.74, 6) is 0. The molecule has 1 fully saturated rings. The highest BCUT2D eigenvalue weighted by molar-refractivity contribution is 6.71. The fraction of sp³-hybridized carbons (Fsp3) is 0.846. The predicted octanol–water partition coefficient (Wildman–Crippen LogP) is 3.19. The first kappa shape index (κ1) is 14.9. The van der Waals surface area contributed by atoms with Gasteiger partial charge in [0, 0.05) is 21.3 Å². The van der Waals surface area contributed by atoms with Crippen molar-refractivity contribution in [2.24, 2.45) is 0 Å². The van der Waals surface area contributed by atoms with Crippen molar-refractivity contribution in [3.63, 3.8) is 0 Å². The Morgan fingerprint density at radius 3 is 2.35 bits per heavy atom. The van der Waals surface area contributed by atoms with Crippen molar-refractivity contribution in [1.82, 2.24) is 0 Å². The minimum Gasteiger partial charge on any atom is -0.396 e. The third kappa shape index (κ3) is 2.23. The van der Waals surface area contributed by atoms with E-state index in [2.05, 4.69) is 19.9 Å². The van der Waals surface area contributed by atoms with Crippen molar-refractivity contribution in [2.45, 2.75) is 50.8 Å². The number of rotatable bonds is 5. The van der Waals surface area contributed by atoms with Gasteiger partial charge in [0.2, 0.25) is 0 Å². The average Bonchev–Trinajstić information content (AvgIpc) is 2.39. The molecule has 0 bridgehead atoms. The summed E-state index contributed by atoms with van der Waals surface area (Å²) in [4.78, 5) is 0. The van der Waals surface area contributed by atoms with E-state index in [1.165, 1.54) is 5.57 Å². The first-order valence-corrected chi connectivity index (χ1v) is 8.49. The van der Waals surface area contributed by atoms with E-state index in [4.69, 9.17) is 13.6 Å². The SMILES string of the molecule is CC=C1CCC[Si](OC)(OC)C1(CCC)OC. The first-order chi connectivity index (χ1) is 8.16. The van der Waals surface area contributed by atoms with E-state index in [0.717, 1.165) is 31.7 Å². The Morgan fingerprint density at radius 1 is 1.29 bits per heavy atom. The summed E-state index contributed by atoms with van der Waals surface area (Å²) in [5.41, 5.74) is 1.36. The number of ether oxygens (including phenoxy) is 1. The molecule has 1 rings (SSSR count). The van der Waals surface area contributed by atoms with Gasteiger partial charge in [0.25, 0.3) is 0 Å². The first-order valence-electron chi connectivity index (χ1n) is 6.47. The van der Waals surface area contributed by atoms with Crippen LogP contribution >= 0.6 is 0 Å². The van der Waals surface area contributed by atoms with Gasteiger partial charge in [-0.25, -0.2) is 0 Å². The van der Waals surface area contributed by atoms with Crippen molar-refractivity contribution in [2.75, 3.05) is 21.3 Å². The quantitative estimate of drug-likeness (QED) is 0.560. The zero-order valence-electron chi connectivity index (χ0n) is 11.8. The molecule has 3 nitrogen and oxygen atoms in total. The third-order valence-corrected chi connectivity index (χ3v) is 8.38.